The molecular weight excluding hydrogens is 292 g/mol. The van der Waals surface area contributed by atoms with E-state index in [1.807, 2.05) is 31.2 Å². The van der Waals surface area contributed by atoms with Gasteiger partial charge in [0, 0.05) is 0 Å². The van der Waals surface area contributed by atoms with Gasteiger partial charge in [-0.25, -0.2) is 4.68 Å². The largest absolute Gasteiger partial charge is 0.388 e. The van der Waals surface area contributed by atoms with Crippen molar-refractivity contribution in [3.05, 3.63) is 47.3 Å². The smallest absolute Gasteiger partial charge is 0.124 e. The highest BCUT2D eigenvalue weighted by Gasteiger charge is 2.29. The van der Waals surface area contributed by atoms with Gasteiger partial charge in [-0.15, -0.1) is 5.10 Å². The number of nitrogens with one attached hydrogen (secondary N) is 1. The Kier molecular flexibility index (Phi) is 4.75. The third-order valence-corrected chi connectivity index (χ3v) is 4.45. The molecule has 0 radical (unpaired) electrons. The van der Waals surface area contributed by atoms with Crippen LogP contribution in [-0.2, 0) is 6.54 Å². The van der Waals surface area contributed by atoms with Crippen LogP contribution in [-0.4, -0.2) is 43.9 Å². The monoisotopic (exact) mass is 316 g/mol. The second-order valence-electron chi connectivity index (χ2n) is 6.48. The highest BCUT2D eigenvalue weighted by atomic mass is 16.3. The van der Waals surface area contributed by atoms with Gasteiger partial charge in [-0.2, -0.15) is 0 Å². The molecule has 1 saturated heterocycles. The Bertz CT molecular complexity index is 630. The van der Waals surface area contributed by atoms with Crippen molar-refractivity contribution in [1.29, 1.82) is 0 Å². The standard InChI is InChI=1S/C17H24N4O2/c1-13-3-5-14(6-4-13)16(22)15-11-21(20-19-15)12-17(23)7-2-9-18-10-8-17/h3-6,11,16,18,22-23H,2,7-10,12H2,1H3. The molecule has 3 rings (SSSR count). The summed E-state index contributed by atoms with van der Waals surface area (Å²) in [5.74, 6) is 0. The zero-order valence-corrected chi connectivity index (χ0v) is 13.4. The van der Waals surface area contributed by atoms with E-state index in [0.717, 1.165) is 37.1 Å². The Morgan fingerprint density at radius 2 is 2.04 bits per heavy atom. The van der Waals surface area contributed by atoms with Gasteiger partial charge in [-0.3, -0.25) is 0 Å². The van der Waals surface area contributed by atoms with Gasteiger partial charge < -0.3 is 15.5 Å². The van der Waals surface area contributed by atoms with Crippen LogP contribution in [0.5, 0.6) is 0 Å². The van der Waals surface area contributed by atoms with E-state index in [9.17, 15) is 10.2 Å². The Morgan fingerprint density at radius 1 is 1.26 bits per heavy atom. The summed E-state index contributed by atoms with van der Waals surface area (Å²) in [5, 5.41) is 32.6. The van der Waals surface area contributed by atoms with Gasteiger partial charge in [-0.1, -0.05) is 35.0 Å². The summed E-state index contributed by atoms with van der Waals surface area (Å²) < 4.78 is 1.64. The summed E-state index contributed by atoms with van der Waals surface area (Å²) >= 11 is 0. The highest BCUT2D eigenvalue weighted by molar-refractivity contribution is 5.27. The molecule has 2 heterocycles. The van der Waals surface area contributed by atoms with Crippen LogP contribution in [0.25, 0.3) is 0 Å². The van der Waals surface area contributed by atoms with Crippen molar-refractivity contribution < 1.29 is 10.2 Å². The van der Waals surface area contributed by atoms with Crippen LogP contribution in [0.2, 0.25) is 0 Å². The molecule has 1 aliphatic rings. The van der Waals surface area contributed by atoms with E-state index in [1.54, 1.807) is 10.9 Å². The molecule has 1 aromatic carbocycles. The van der Waals surface area contributed by atoms with Crippen molar-refractivity contribution in [3.8, 4) is 0 Å². The van der Waals surface area contributed by atoms with Crippen molar-refractivity contribution in [3.63, 3.8) is 0 Å². The van der Waals surface area contributed by atoms with Crippen molar-refractivity contribution >= 4 is 0 Å². The molecule has 1 aliphatic heterocycles. The van der Waals surface area contributed by atoms with E-state index < -0.39 is 11.7 Å². The van der Waals surface area contributed by atoms with E-state index in [-0.39, 0.29) is 0 Å². The summed E-state index contributed by atoms with van der Waals surface area (Å²) in [6.07, 6.45) is 3.32. The minimum absolute atomic E-state index is 0.405. The number of benzene rings is 1. The molecular formula is C17H24N4O2. The highest BCUT2D eigenvalue weighted by Crippen LogP contribution is 2.23. The van der Waals surface area contributed by atoms with Gasteiger partial charge >= 0.3 is 0 Å². The normalized spacial score (nSPS) is 23.4. The van der Waals surface area contributed by atoms with E-state index >= 15 is 0 Å². The zero-order chi connectivity index (χ0) is 16.3. The molecule has 0 spiro atoms. The third-order valence-electron chi connectivity index (χ3n) is 4.45. The predicted molar refractivity (Wildman–Crippen MR) is 86.9 cm³/mol. The van der Waals surface area contributed by atoms with Crippen molar-refractivity contribution in [2.75, 3.05) is 13.1 Å². The number of hydrogen-bond donors (Lipinski definition) is 3. The first-order valence-corrected chi connectivity index (χ1v) is 8.13. The van der Waals surface area contributed by atoms with Gasteiger partial charge in [0.25, 0.3) is 0 Å². The third kappa shape index (κ3) is 3.96. The maximum absolute atomic E-state index is 10.7. The van der Waals surface area contributed by atoms with Crippen LogP contribution in [0, 0.1) is 6.92 Å². The lowest BCUT2D eigenvalue weighted by Crippen LogP contribution is -2.35. The van der Waals surface area contributed by atoms with E-state index in [0.29, 0.717) is 18.7 Å². The molecule has 2 unspecified atom stereocenters. The van der Waals surface area contributed by atoms with Crippen LogP contribution in [0.1, 0.15) is 42.2 Å². The number of rotatable bonds is 4. The number of aromatic nitrogens is 3. The molecule has 0 aliphatic carbocycles. The second kappa shape index (κ2) is 6.78. The fraction of sp³-hybridized carbons (Fsp3) is 0.529. The molecule has 1 aromatic heterocycles. The summed E-state index contributed by atoms with van der Waals surface area (Å²) in [6, 6.07) is 7.71. The van der Waals surface area contributed by atoms with Crippen LogP contribution in [0.3, 0.4) is 0 Å². The quantitative estimate of drug-likeness (QED) is 0.789. The van der Waals surface area contributed by atoms with Crippen LogP contribution < -0.4 is 5.32 Å². The van der Waals surface area contributed by atoms with Crippen LogP contribution >= 0.6 is 0 Å². The van der Waals surface area contributed by atoms with Gasteiger partial charge in [0.1, 0.15) is 11.8 Å². The Labute approximate surface area is 136 Å². The predicted octanol–water partition coefficient (Wildman–Crippen LogP) is 1.17. The number of nitrogens with zero attached hydrogens (tertiary/aromatic N) is 3. The van der Waals surface area contributed by atoms with Gasteiger partial charge in [0.05, 0.1) is 18.3 Å². The fourth-order valence-corrected chi connectivity index (χ4v) is 3.01. The van der Waals surface area contributed by atoms with Crippen LogP contribution in [0.15, 0.2) is 30.5 Å². The number of aliphatic hydroxyl groups excluding tert-OH is 1. The lowest BCUT2D eigenvalue weighted by molar-refractivity contribution is 0.00748. The van der Waals surface area contributed by atoms with E-state index in [2.05, 4.69) is 15.6 Å². The molecule has 6 heteroatoms. The first-order valence-electron chi connectivity index (χ1n) is 8.13. The molecule has 0 amide bonds. The van der Waals surface area contributed by atoms with Gasteiger partial charge in [0.15, 0.2) is 0 Å². The fourth-order valence-electron chi connectivity index (χ4n) is 3.01. The van der Waals surface area contributed by atoms with E-state index in [1.165, 1.54) is 0 Å². The summed E-state index contributed by atoms with van der Waals surface area (Å²) in [6.45, 7) is 4.16. The molecule has 124 valence electrons. The lowest BCUT2D eigenvalue weighted by atomic mass is 9.95. The molecule has 0 bridgehead atoms. The van der Waals surface area contributed by atoms with Gasteiger partial charge in [-0.05, 0) is 44.8 Å². The number of aliphatic hydroxyl groups is 2. The Balaban J connectivity index is 1.71. The first kappa shape index (κ1) is 16.1. The molecule has 0 saturated carbocycles. The zero-order valence-electron chi connectivity index (χ0n) is 13.4. The SMILES string of the molecule is Cc1ccc(C(O)c2cn(CC3(O)CCCNCC3)nn2)cc1. The van der Waals surface area contributed by atoms with Crippen molar-refractivity contribution in [2.24, 2.45) is 0 Å². The van der Waals surface area contributed by atoms with Crippen LogP contribution in [0.4, 0.5) is 0 Å². The van der Waals surface area contributed by atoms with Gasteiger partial charge in [0.2, 0.25) is 0 Å². The Morgan fingerprint density at radius 3 is 2.83 bits per heavy atom. The van der Waals surface area contributed by atoms with Crippen molar-refractivity contribution in [1.82, 2.24) is 20.3 Å². The number of aryl methyl sites for hydroxylation is 1. The maximum atomic E-state index is 10.7. The average Bonchev–Trinajstić information content (AvgIpc) is 2.88. The topological polar surface area (TPSA) is 83.2 Å². The molecule has 6 nitrogen and oxygen atoms in total. The molecule has 23 heavy (non-hydrogen) atoms. The molecule has 1 fully saturated rings. The molecule has 2 atom stereocenters. The maximum Gasteiger partial charge on any atom is 0.124 e. The minimum atomic E-state index is -0.796. The first-order chi connectivity index (χ1) is 11.1. The Hall–Kier alpha value is -1.76. The summed E-state index contributed by atoms with van der Waals surface area (Å²) in [5.41, 5.74) is 1.68. The summed E-state index contributed by atoms with van der Waals surface area (Å²) in [7, 11) is 0. The lowest BCUT2D eigenvalue weighted by Gasteiger charge is -2.25. The molecule has 2 aromatic rings. The summed E-state index contributed by atoms with van der Waals surface area (Å²) in [4.78, 5) is 0. The van der Waals surface area contributed by atoms with E-state index in [4.69, 9.17) is 0 Å². The van der Waals surface area contributed by atoms with Crippen molar-refractivity contribution in [2.45, 2.75) is 44.4 Å². The minimum Gasteiger partial charge on any atom is -0.388 e. The second-order valence-corrected chi connectivity index (χ2v) is 6.48. The average molecular weight is 316 g/mol. The number of hydrogen-bond acceptors (Lipinski definition) is 5. The molecule has 3 N–H and O–H groups in total.